The van der Waals surface area contributed by atoms with Gasteiger partial charge in [0.2, 0.25) is 0 Å². The fourth-order valence-corrected chi connectivity index (χ4v) is 1.34. The van der Waals surface area contributed by atoms with Gasteiger partial charge in [0, 0.05) is 35.7 Å². The van der Waals surface area contributed by atoms with Gasteiger partial charge in [0.15, 0.2) is 0 Å². The van der Waals surface area contributed by atoms with Gasteiger partial charge in [0.1, 0.15) is 0 Å². The maximum absolute atomic E-state index is 3.98. The molecule has 0 saturated carbocycles. The molecule has 0 saturated heterocycles. The van der Waals surface area contributed by atoms with Crippen LogP contribution in [0, 0.1) is 20.8 Å². The van der Waals surface area contributed by atoms with E-state index < -0.39 is 0 Å². The van der Waals surface area contributed by atoms with Crippen molar-refractivity contribution in [1.29, 1.82) is 0 Å². The van der Waals surface area contributed by atoms with E-state index in [2.05, 4.69) is 15.0 Å². The van der Waals surface area contributed by atoms with Crippen LogP contribution >= 0.6 is 0 Å². The molecule has 4 radical (unpaired) electrons. The topological polar surface area (TPSA) is 67.2 Å². The second-order valence-corrected chi connectivity index (χ2v) is 4.41. The molecule has 3 rings (SSSR count). The monoisotopic (exact) mass is 757 g/mol. The minimum Gasteiger partial charge on any atom is -2.00 e. The molecule has 0 atom stereocenters. The van der Waals surface area contributed by atoms with Crippen molar-refractivity contribution >= 4 is 40.5 Å². The molecular formula is C18H21BrCu3MoN3OS3. The Morgan fingerprint density at radius 2 is 0.700 bits per heavy atom. The van der Waals surface area contributed by atoms with Crippen LogP contribution in [0.25, 0.3) is 0 Å². The minimum absolute atomic E-state index is 0. The van der Waals surface area contributed by atoms with Crippen molar-refractivity contribution < 1.29 is 94.7 Å². The molecule has 0 amide bonds. The van der Waals surface area contributed by atoms with Crippen LogP contribution in [0.5, 0.6) is 0 Å². The number of rotatable bonds is 0. The summed E-state index contributed by atoms with van der Waals surface area (Å²) in [5.41, 5.74) is 3.22. The predicted molar refractivity (Wildman–Crippen MR) is 110 cm³/mol. The van der Waals surface area contributed by atoms with Crippen molar-refractivity contribution in [3.8, 4) is 0 Å². The van der Waals surface area contributed by atoms with Gasteiger partial charge in [0.25, 0.3) is 0 Å². The van der Waals surface area contributed by atoms with Gasteiger partial charge < -0.3 is 62.9 Å². The van der Waals surface area contributed by atoms with Gasteiger partial charge in [-0.1, -0.05) is 18.2 Å². The molecule has 4 nitrogen and oxygen atoms in total. The maximum Gasteiger partial charge on any atom is 3.00 e. The summed E-state index contributed by atoms with van der Waals surface area (Å²) in [6.45, 7) is 5.92. The number of aryl methyl sites for hydroxylation is 3. The first-order valence-electron chi connectivity index (χ1n) is 6.81. The molecule has 0 aliphatic rings. The molecule has 3 aromatic rings. The Balaban J connectivity index is -0.0000000274. The second-order valence-electron chi connectivity index (χ2n) is 4.41. The maximum atomic E-state index is 3.98. The van der Waals surface area contributed by atoms with Crippen LogP contribution in [0.3, 0.4) is 0 Å². The average Bonchev–Trinajstić information content (AvgIpc) is 2.51. The van der Waals surface area contributed by atoms with E-state index in [0.717, 1.165) is 17.1 Å². The number of hydrogen-bond donors (Lipinski definition) is 0. The first-order valence-corrected chi connectivity index (χ1v) is 6.81. The number of pyridine rings is 3. The van der Waals surface area contributed by atoms with E-state index >= 15 is 0 Å². The van der Waals surface area contributed by atoms with Crippen molar-refractivity contribution in [3.63, 3.8) is 0 Å². The van der Waals surface area contributed by atoms with E-state index in [1.165, 1.54) is 0 Å². The summed E-state index contributed by atoms with van der Waals surface area (Å²) in [6.07, 6.45) is 5.36. The quantitative estimate of drug-likeness (QED) is 0.323. The molecular weight excluding hydrogens is 737 g/mol. The first kappa shape index (κ1) is 57.7. The number of aromatic nitrogens is 3. The van der Waals surface area contributed by atoms with Crippen molar-refractivity contribution in [3.05, 3.63) is 90.3 Å². The Labute approximate surface area is 258 Å². The number of nitrogens with zero attached hydrogens (tertiary/aromatic N) is 3. The molecule has 0 unspecified atom stereocenters. The molecule has 3 aromatic heterocycles. The molecule has 0 bridgehead atoms. The van der Waals surface area contributed by atoms with Gasteiger partial charge >= 0.3 is 72.3 Å². The molecule has 0 spiro atoms. The Morgan fingerprint density at radius 3 is 0.767 bits per heavy atom. The third kappa shape index (κ3) is 36.6. The number of hydrogen-bond acceptors (Lipinski definition) is 3. The van der Waals surface area contributed by atoms with E-state index in [0.29, 0.717) is 0 Å². The van der Waals surface area contributed by atoms with Crippen LogP contribution in [-0.4, -0.2) is 15.0 Å². The smallest absolute Gasteiger partial charge is 2.00 e. The zero-order chi connectivity index (χ0) is 15.3. The zero-order valence-electron chi connectivity index (χ0n) is 16.1. The average molecular weight is 758 g/mol. The van der Waals surface area contributed by atoms with E-state index in [-0.39, 0.29) is 135 Å². The van der Waals surface area contributed by atoms with Crippen LogP contribution in [0.4, 0.5) is 0 Å². The van der Waals surface area contributed by atoms with Gasteiger partial charge in [-0.15, -0.1) is 0 Å². The molecule has 30 heavy (non-hydrogen) atoms. The molecule has 178 valence electrons. The van der Waals surface area contributed by atoms with Crippen LogP contribution in [0.1, 0.15) is 17.1 Å². The molecule has 12 heteroatoms. The van der Waals surface area contributed by atoms with E-state index in [4.69, 9.17) is 0 Å². The molecule has 3 heterocycles. The molecule has 0 aliphatic carbocycles. The largest absolute Gasteiger partial charge is 3.00 e. The van der Waals surface area contributed by atoms with E-state index in [1.54, 1.807) is 18.6 Å². The SMILES string of the molecule is Cc1ccccn1.Cc1ccccn1.Cc1ccccn1.[Br-].[Cu+2].[Cu+2].[Cu+2].[Mo+3].[O-2].[S-2].[S-2].[S-2]. The fraction of sp³-hybridized carbons (Fsp3) is 0.167. The predicted octanol–water partition coefficient (Wildman–Crippen LogP) is 1.04. The Morgan fingerprint density at radius 1 is 0.500 bits per heavy atom. The van der Waals surface area contributed by atoms with Crippen molar-refractivity contribution in [2.24, 2.45) is 0 Å². The minimum atomic E-state index is 0. The third-order valence-corrected chi connectivity index (χ3v) is 2.44. The van der Waals surface area contributed by atoms with Gasteiger partial charge in [0.05, 0.1) is 0 Å². The summed E-state index contributed by atoms with van der Waals surface area (Å²) < 4.78 is 0. The molecule has 0 aliphatic heterocycles. The Kier molecular flexibility index (Phi) is 78.0. The molecule has 0 fully saturated rings. The fourth-order valence-electron chi connectivity index (χ4n) is 1.34. The first-order chi connectivity index (χ1) is 10.2. The summed E-state index contributed by atoms with van der Waals surface area (Å²) in [5, 5.41) is 0. The van der Waals surface area contributed by atoms with Crippen LogP contribution in [0.2, 0.25) is 0 Å². The van der Waals surface area contributed by atoms with Gasteiger partial charge in [-0.05, 0) is 57.2 Å². The normalized spacial score (nSPS) is 6.10. The second kappa shape index (κ2) is 40.5. The summed E-state index contributed by atoms with van der Waals surface area (Å²) in [5.74, 6) is 0. The number of halogens is 1. The Hall–Kier alpha value is 1.19. The van der Waals surface area contributed by atoms with Gasteiger partial charge in [-0.3, -0.25) is 15.0 Å². The van der Waals surface area contributed by atoms with Crippen molar-refractivity contribution in [1.82, 2.24) is 15.0 Å². The zero-order valence-corrected chi connectivity index (χ0v) is 25.0. The van der Waals surface area contributed by atoms with E-state index in [1.807, 2.05) is 75.4 Å². The Bertz CT molecular complexity index is 537. The summed E-state index contributed by atoms with van der Waals surface area (Å²) in [4.78, 5) is 11.9. The van der Waals surface area contributed by atoms with Gasteiger partial charge in [-0.2, -0.15) is 0 Å². The van der Waals surface area contributed by atoms with Crippen molar-refractivity contribution in [2.75, 3.05) is 0 Å². The molecule has 0 N–H and O–H groups in total. The summed E-state index contributed by atoms with van der Waals surface area (Å²) >= 11 is 0. The van der Waals surface area contributed by atoms with Gasteiger partial charge in [-0.25, -0.2) is 0 Å². The summed E-state index contributed by atoms with van der Waals surface area (Å²) in [7, 11) is 0. The van der Waals surface area contributed by atoms with E-state index in [9.17, 15) is 0 Å². The third-order valence-electron chi connectivity index (χ3n) is 2.44. The van der Waals surface area contributed by atoms with Crippen LogP contribution in [-0.2, 0) is 118 Å². The van der Waals surface area contributed by atoms with Crippen LogP contribution in [0.15, 0.2) is 73.2 Å². The van der Waals surface area contributed by atoms with Crippen LogP contribution < -0.4 is 17.0 Å². The summed E-state index contributed by atoms with van der Waals surface area (Å²) in [6, 6.07) is 17.6. The van der Waals surface area contributed by atoms with Crippen molar-refractivity contribution in [2.45, 2.75) is 20.8 Å². The standard InChI is InChI=1S/3C6H7N.BrH.3Cu.Mo.O.3S/c3*1-6-4-2-3-5-7-6;;;;;;;;;/h3*2-5H,1H3;1H;;;;;;;;/q;;;;3*+2;+3;4*-2/p-1. The molecule has 0 aromatic carbocycles.